The van der Waals surface area contributed by atoms with Crippen LogP contribution in [0.4, 0.5) is 0 Å². The third-order valence-corrected chi connectivity index (χ3v) is 2.58. The monoisotopic (exact) mass is 205 g/mol. The average Bonchev–Trinajstić information content (AvgIpc) is 2.23. The number of benzene rings is 1. The average molecular weight is 206 g/mol. The largest absolute Gasteiger partial charge is 0.354 e. The van der Waals surface area contributed by atoms with E-state index in [9.17, 15) is 0 Å². The van der Waals surface area contributed by atoms with E-state index in [1.807, 2.05) is 42.6 Å². The number of alkyl halides is 1. The van der Waals surface area contributed by atoms with E-state index in [0.717, 1.165) is 6.54 Å². The number of halogens is 1. The lowest BCUT2D eigenvalue weighted by molar-refractivity contribution is 0.375. The lowest BCUT2D eigenvalue weighted by Gasteiger charge is -2.25. The van der Waals surface area contributed by atoms with Gasteiger partial charge in [-0.1, -0.05) is 48.0 Å². The van der Waals surface area contributed by atoms with Crippen molar-refractivity contribution < 1.29 is 0 Å². The molecule has 1 atom stereocenters. The van der Waals surface area contributed by atoms with Crippen LogP contribution in [-0.4, -0.2) is 10.4 Å². The Morgan fingerprint density at radius 1 is 1.14 bits per heavy atom. The van der Waals surface area contributed by atoms with Crippen LogP contribution in [0.15, 0.2) is 54.8 Å². The highest BCUT2D eigenvalue weighted by molar-refractivity contribution is 6.21. The first-order chi connectivity index (χ1) is 6.86. The molecule has 0 spiro atoms. The molecule has 0 amide bonds. The summed E-state index contributed by atoms with van der Waals surface area (Å²) in [6, 6.07) is 10.3. The summed E-state index contributed by atoms with van der Waals surface area (Å²) in [7, 11) is 0. The molecule has 0 saturated carbocycles. The first-order valence-electron chi connectivity index (χ1n) is 4.65. The quantitative estimate of drug-likeness (QED) is 0.530. The SMILES string of the molecule is ClC1C=CC=CN1Cc1ccccc1. The van der Waals surface area contributed by atoms with E-state index in [4.69, 9.17) is 11.6 Å². The predicted octanol–water partition coefficient (Wildman–Crippen LogP) is 3.14. The van der Waals surface area contributed by atoms with Gasteiger partial charge < -0.3 is 4.90 Å². The van der Waals surface area contributed by atoms with Gasteiger partial charge in [-0.3, -0.25) is 0 Å². The van der Waals surface area contributed by atoms with Crippen LogP contribution in [0.3, 0.4) is 0 Å². The summed E-state index contributed by atoms with van der Waals surface area (Å²) < 4.78 is 0. The van der Waals surface area contributed by atoms with E-state index in [0.29, 0.717) is 0 Å². The van der Waals surface area contributed by atoms with Gasteiger partial charge in [0.1, 0.15) is 5.50 Å². The number of rotatable bonds is 2. The second kappa shape index (κ2) is 4.34. The van der Waals surface area contributed by atoms with E-state index >= 15 is 0 Å². The van der Waals surface area contributed by atoms with Crippen LogP contribution in [0.5, 0.6) is 0 Å². The Labute approximate surface area is 89.3 Å². The van der Waals surface area contributed by atoms with Crippen molar-refractivity contribution in [2.24, 2.45) is 0 Å². The molecule has 1 aromatic carbocycles. The summed E-state index contributed by atoms with van der Waals surface area (Å²) in [5.74, 6) is 0. The summed E-state index contributed by atoms with van der Waals surface area (Å²) in [5, 5.41) is 0. The Hall–Kier alpha value is -1.21. The maximum absolute atomic E-state index is 6.12. The zero-order valence-electron chi connectivity index (χ0n) is 7.81. The van der Waals surface area contributed by atoms with Crippen molar-refractivity contribution in [1.29, 1.82) is 0 Å². The molecule has 1 aromatic rings. The van der Waals surface area contributed by atoms with Gasteiger partial charge in [-0.25, -0.2) is 0 Å². The molecule has 0 aromatic heterocycles. The van der Waals surface area contributed by atoms with Crippen molar-refractivity contribution in [3.05, 3.63) is 60.3 Å². The van der Waals surface area contributed by atoms with E-state index < -0.39 is 0 Å². The fourth-order valence-corrected chi connectivity index (χ4v) is 1.66. The Bertz CT molecular complexity index is 343. The molecule has 2 rings (SSSR count). The van der Waals surface area contributed by atoms with Gasteiger partial charge in [-0.2, -0.15) is 0 Å². The molecule has 1 nitrogen and oxygen atoms in total. The lowest BCUT2D eigenvalue weighted by atomic mass is 10.2. The molecule has 1 heterocycles. The van der Waals surface area contributed by atoms with Crippen LogP contribution in [0, 0.1) is 0 Å². The third kappa shape index (κ3) is 2.18. The third-order valence-electron chi connectivity index (χ3n) is 2.18. The minimum atomic E-state index is -0.0276. The predicted molar refractivity (Wildman–Crippen MR) is 59.9 cm³/mol. The van der Waals surface area contributed by atoms with Crippen LogP contribution < -0.4 is 0 Å². The molecule has 1 unspecified atom stereocenters. The van der Waals surface area contributed by atoms with Gasteiger partial charge in [0.2, 0.25) is 0 Å². The second-order valence-corrected chi connectivity index (χ2v) is 3.70. The first kappa shape index (κ1) is 9.35. The topological polar surface area (TPSA) is 3.24 Å². The van der Waals surface area contributed by atoms with Crippen molar-refractivity contribution in [2.45, 2.75) is 12.0 Å². The smallest absolute Gasteiger partial charge is 0.123 e. The highest BCUT2D eigenvalue weighted by Crippen LogP contribution is 2.15. The van der Waals surface area contributed by atoms with E-state index in [1.54, 1.807) is 0 Å². The Morgan fingerprint density at radius 3 is 2.64 bits per heavy atom. The highest BCUT2D eigenvalue weighted by Gasteiger charge is 2.10. The molecule has 0 saturated heterocycles. The van der Waals surface area contributed by atoms with Gasteiger partial charge in [-0.05, 0) is 17.7 Å². The molecule has 72 valence electrons. The summed E-state index contributed by atoms with van der Waals surface area (Å²) in [4.78, 5) is 2.09. The maximum Gasteiger partial charge on any atom is 0.123 e. The fourth-order valence-electron chi connectivity index (χ4n) is 1.44. The van der Waals surface area contributed by atoms with Crippen LogP contribution >= 0.6 is 11.6 Å². The first-order valence-corrected chi connectivity index (χ1v) is 5.08. The van der Waals surface area contributed by atoms with E-state index in [1.165, 1.54) is 5.56 Å². The van der Waals surface area contributed by atoms with E-state index in [-0.39, 0.29) is 5.50 Å². The van der Waals surface area contributed by atoms with Gasteiger partial charge in [0.05, 0.1) is 0 Å². The summed E-state index contributed by atoms with van der Waals surface area (Å²) in [6.07, 6.45) is 7.97. The second-order valence-electron chi connectivity index (χ2n) is 3.26. The molecule has 0 fully saturated rings. The summed E-state index contributed by atoms with van der Waals surface area (Å²) >= 11 is 6.12. The van der Waals surface area contributed by atoms with Gasteiger partial charge in [0.15, 0.2) is 0 Å². The molecular weight excluding hydrogens is 194 g/mol. The van der Waals surface area contributed by atoms with Gasteiger partial charge in [0.25, 0.3) is 0 Å². The van der Waals surface area contributed by atoms with Gasteiger partial charge in [-0.15, -0.1) is 0 Å². The van der Waals surface area contributed by atoms with Crippen molar-refractivity contribution in [3.63, 3.8) is 0 Å². The molecule has 2 heteroatoms. The molecule has 0 radical (unpaired) electrons. The molecule has 1 aliphatic rings. The number of hydrogen-bond donors (Lipinski definition) is 0. The van der Waals surface area contributed by atoms with Gasteiger partial charge in [0, 0.05) is 12.7 Å². The maximum atomic E-state index is 6.12. The van der Waals surface area contributed by atoms with Crippen molar-refractivity contribution in [2.75, 3.05) is 0 Å². The zero-order valence-corrected chi connectivity index (χ0v) is 8.56. The van der Waals surface area contributed by atoms with Crippen molar-refractivity contribution >= 4 is 11.6 Å². The highest BCUT2D eigenvalue weighted by atomic mass is 35.5. The summed E-state index contributed by atoms with van der Waals surface area (Å²) in [6.45, 7) is 0.857. The van der Waals surface area contributed by atoms with E-state index in [2.05, 4.69) is 17.0 Å². The zero-order chi connectivity index (χ0) is 9.80. The standard InChI is InChI=1S/C12H12ClN/c13-12-8-4-5-9-14(12)10-11-6-2-1-3-7-11/h1-9,12H,10H2. The van der Waals surface area contributed by atoms with Crippen LogP contribution in [0.2, 0.25) is 0 Å². The normalized spacial score (nSPS) is 20.1. The number of allylic oxidation sites excluding steroid dienone is 2. The minimum Gasteiger partial charge on any atom is -0.354 e. The van der Waals surface area contributed by atoms with Gasteiger partial charge >= 0.3 is 0 Å². The Morgan fingerprint density at radius 2 is 1.93 bits per heavy atom. The molecule has 0 aliphatic carbocycles. The van der Waals surface area contributed by atoms with Crippen LogP contribution in [0.1, 0.15) is 5.56 Å². The van der Waals surface area contributed by atoms with Crippen molar-refractivity contribution in [3.8, 4) is 0 Å². The Balaban J connectivity index is 2.05. The van der Waals surface area contributed by atoms with Crippen LogP contribution in [-0.2, 0) is 6.54 Å². The molecule has 0 bridgehead atoms. The summed E-state index contributed by atoms with van der Waals surface area (Å²) in [5.41, 5.74) is 1.25. The minimum absolute atomic E-state index is 0.0276. The Kier molecular flexibility index (Phi) is 2.90. The van der Waals surface area contributed by atoms with Crippen LogP contribution in [0.25, 0.3) is 0 Å². The molecular formula is C12H12ClN. The fraction of sp³-hybridized carbons (Fsp3) is 0.167. The number of nitrogens with zero attached hydrogens (tertiary/aromatic N) is 1. The lowest BCUT2D eigenvalue weighted by Crippen LogP contribution is -2.25. The molecule has 1 aliphatic heterocycles. The molecule has 14 heavy (non-hydrogen) atoms. The van der Waals surface area contributed by atoms with Crippen molar-refractivity contribution in [1.82, 2.24) is 4.90 Å². The molecule has 0 N–H and O–H groups in total. The number of hydrogen-bond acceptors (Lipinski definition) is 1.